The summed E-state index contributed by atoms with van der Waals surface area (Å²) in [7, 11) is 0. The number of alkyl halides is 2. The Morgan fingerprint density at radius 2 is 1.55 bits per heavy atom. The fourth-order valence-corrected chi connectivity index (χ4v) is 3.34. The van der Waals surface area contributed by atoms with Gasteiger partial charge in [-0.2, -0.15) is 8.78 Å². The minimum Gasteiger partial charge on any atom is -0.435 e. The topological polar surface area (TPSA) is 60.3 Å². The molecule has 3 aromatic carbocycles. The first-order valence-corrected chi connectivity index (χ1v) is 8.88. The summed E-state index contributed by atoms with van der Waals surface area (Å²) >= 11 is 0. The second kappa shape index (κ2) is 7.71. The molecule has 1 N–H and O–H groups in total. The van der Waals surface area contributed by atoms with Gasteiger partial charge in [-0.15, -0.1) is 0 Å². The highest BCUT2D eigenvalue weighted by molar-refractivity contribution is 5.97. The third kappa shape index (κ3) is 3.80. The molecule has 0 saturated carbocycles. The summed E-state index contributed by atoms with van der Waals surface area (Å²) in [6.45, 7) is -3.00. The standard InChI is InChI=1S/C22H16F2N2O3/c23-22(24)29-15-7-5-6-14(12-15)25-20(27)13-26-18-10-3-1-8-16(18)21(28)17-9-2-4-11-19(17)26/h1-12,22H,13H2,(H,25,27). The third-order valence-corrected chi connectivity index (χ3v) is 4.52. The van der Waals surface area contributed by atoms with Crippen molar-refractivity contribution in [3.05, 3.63) is 83.0 Å². The van der Waals surface area contributed by atoms with Gasteiger partial charge in [-0.25, -0.2) is 0 Å². The largest absolute Gasteiger partial charge is 0.435 e. The van der Waals surface area contributed by atoms with Gasteiger partial charge in [-0.3, -0.25) is 9.59 Å². The molecule has 0 spiro atoms. The van der Waals surface area contributed by atoms with Crippen LogP contribution < -0.4 is 15.5 Å². The Balaban J connectivity index is 1.70. The van der Waals surface area contributed by atoms with Crippen molar-refractivity contribution in [1.29, 1.82) is 0 Å². The number of fused-ring (bicyclic) bond motifs is 2. The van der Waals surface area contributed by atoms with Crippen molar-refractivity contribution in [3.8, 4) is 5.75 Å². The molecule has 1 heterocycles. The first kappa shape index (κ1) is 18.6. The number of carbonyl (C=O) groups excluding carboxylic acids is 1. The summed E-state index contributed by atoms with van der Waals surface area (Å²) in [6, 6.07) is 20.0. The highest BCUT2D eigenvalue weighted by atomic mass is 19.3. The molecule has 5 nitrogen and oxygen atoms in total. The first-order valence-electron chi connectivity index (χ1n) is 8.88. The zero-order valence-corrected chi connectivity index (χ0v) is 15.1. The molecule has 0 bridgehead atoms. The van der Waals surface area contributed by atoms with Crippen molar-refractivity contribution in [2.45, 2.75) is 13.2 Å². The minimum absolute atomic E-state index is 0.0444. The van der Waals surface area contributed by atoms with Crippen molar-refractivity contribution in [2.24, 2.45) is 0 Å². The Hall–Kier alpha value is -3.74. The molecule has 0 aliphatic rings. The molecule has 1 amide bonds. The van der Waals surface area contributed by atoms with Crippen LogP contribution in [-0.2, 0) is 11.3 Å². The van der Waals surface area contributed by atoms with E-state index in [0.717, 1.165) is 0 Å². The maximum atomic E-state index is 12.8. The van der Waals surface area contributed by atoms with E-state index in [1.165, 1.54) is 18.2 Å². The number of aromatic nitrogens is 1. The van der Waals surface area contributed by atoms with Gasteiger partial charge < -0.3 is 14.6 Å². The molecule has 7 heteroatoms. The third-order valence-electron chi connectivity index (χ3n) is 4.52. The summed E-state index contributed by atoms with van der Waals surface area (Å²) in [5.74, 6) is -0.407. The molecule has 0 aliphatic heterocycles. The number of amides is 1. The summed E-state index contributed by atoms with van der Waals surface area (Å²) in [4.78, 5) is 25.4. The van der Waals surface area contributed by atoms with Crippen LogP contribution in [0.5, 0.6) is 5.75 Å². The van der Waals surface area contributed by atoms with Crippen LogP contribution >= 0.6 is 0 Å². The van der Waals surface area contributed by atoms with E-state index in [1.807, 2.05) is 0 Å². The van der Waals surface area contributed by atoms with E-state index < -0.39 is 6.61 Å². The molecule has 0 fully saturated rings. The molecule has 0 aliphatic carbocycles. The van der Waals surface area contributed by atoms with E-state index in [1.54, 1.807) is 59.2 Å². The number of ether oxygens (including phenoxy) is 1. The zero-order valence-electron chi connectivity index (χ0n) is 15.1. The quantitative estimate of drug-likeness (QED) is 0.511. The Kier molecular flexibility index (Phi) is 4.95. The molecule has 29 heavy (non-hydrogen) atoms. The lowest BCUT2D eigenvalue weighted by molar-refractivity contribution is -0.116. The van der Waals surface area contributed by atoms with Crippen molar-refractivity contribution in [3.63, 3.8) is 0 Å². The average molecular weight is 394 g/mol. The van der Waals surface area contributed by atoms with Crippen LogP contribution in [0.1, 0.15) is 0 Å². The second-order valence-corrected chi connectivity index (χ2v) is 6.40. The molecule has 4 aromatic rings. The van der Waals surface area contributed by atoms with E-state index in [4.69, 9.17) is 0 Å². The maximum Gasteiger partial charge on any atom is 0.387 e. The van der Waals surface area contributed by atoms with Crippen molar-refractivity contribution in [2.75, 3.05) is 5.32 Å². The summed E-state index contributed by atoms with van der Waals surface area (Å²) in [6.07, 6.45) is 0. The van der Waals surface area contributed by atoms with Gasteiger partial charge in [-0.1, -0.05) is 30.3 Å². The van der Waals surface area contributed by atoms with Gasteiger partial charge in [0.2, 0.25) is 5.91 Å². The smallest absolute Gasteiger partial charge is 0.387 e. The first-order chi connectivity index (χ1) is 14.0. The van der Waals surface area contributed by atoms with Gasteiger partial charge in [-0.05, 0) is 36.4 Å². The minimum atomic E-state index is -2.94. The van der Waals surface area contributed by atoms with E-state index in [2.05, 4.69) is 10.1 Å². The Bertz CT molecular complexity index is 1210. The normalized spacial score (nSPS) is 11.1. The van der Waals surface area contributed by atoms with Crippen LogP contribution in [0.15, 0.2) is 77.6 Å². The van der Waals surface area contributed by atoms with Crippen LogP contribution in [0.3, 0.4) is 0 Å². The lowest BCUT2D eigenvalue weighted by Gasteiger charge is -2.15. The average Bonchev–Trinajstić information content (AvgIpc) is 2.71. The number of benzene rings is 3. The number of pyridine rings is 1. The number of nitrogens with zero attached hydrogens (tertiary/aromatic N) is 1. The van der Waals surface area contributed by atoms with Crippen LogP contribution in [0.25, 0.3) is 21.8 Å². The number of anilines is 1. The number of para-hydroxylation sites is 2. The summed E-state index contributed by atoms with van der Waals surface area (Å²) < 4.78 is 30.9. The lowest BCUT2D eigenvalue weighted by Crippen LogP contribution is -2.21. The molecular formula is C22H16F2N2O3. The van der Waals surface area contributed by atoms with Crippen molar-refractivity contribution >= 4 is 33.4 Å². The molecule has 4 rings (SSSR count). The predicted molar refractivity (Wildman–Crippen MR) is 107 cm³/mol. The van der Waals surface area contributed by atoms with Gasteiger partial charge in [0.15, 0.2) is 5.43 Å². The number of hydrogen-bond acceptors (Lipinski definition) is 3. The number of carbonyl (C=O) groups is 1. The highest BCUT2D eigenvalue weighted by Gasteiger charge is 2.13. The number of nitrogens with one attached hydrogen (secondary N) is 1. The summed E-state index contributed by atoms with van der Waals surface area (Å²) in [5, 5.41) is 3.72. The SMILES string of the molecule is O=C(Cn1c2ccccc2c(=O)c2ccccc21)Nc1cccc(OC(F)F)c1. The maximum absolute atomic E-state index is 12.8. The molecule has 0 atom stereocenters. The zero-order chi connectivity index (χ0) is 20.4. The lowest BCUT2D eigenvalue weighted by atomic mass is 10.1. The molecule has 1 aromatic heterocycles. The Labute approximate surface area is 164 Å². The van der Waals surface area contributed by atoms with Gasteiger partial charge >= 0.3 is 6.61 Å². The molecule has 0 radical (unpaired) electrons. The van der Waals surface area contributed by atoms with E-state index in [-0.39, 0.29) is 23.6 Å². The molecular weight excluding hydrogens is 378 g/mol. The highest BCUT2D eigenvalue weighted by Crippen LogP contribution is 2.21. The van der Waals surface area contributed by atoms with Gasteiger partial charge in [0, 0.05) is 22.5 Å². The number of halogens is 2. The van der Waals surface area contributed by atoms with Gasteiger partial charge in [0.05, 0.1) is 11.0 Å². The van der Waals surface area contributed by atoms with Crippen molar-refractivity contribution in [1.82, 2.24) is 4.57 Å². The molecule has 146 valence electrons. The molecule has 0 unspecified atom stereocenters. The van der Waals surface area contributed by atoms with E-state index in [0.29, 0.717) is 27.5 Å². The predicted octanol–water partition coefficient (Wildman–Crippen LogP) is 4.39. The Morgan fingerprint density at radius 3 is 2.17 bits per heavy atom. The monoisotopic (exact) mass is 394 g/mol. The fourth-order valence-electron chi connectivity index (χ4n) is 3.34. The van der Waals surface area contributed by atoms with Crippen molar-refractivity contribution < 1.29 is 18.3 Å². The van der Waals surface area contributed by atoms with Gasteiger partial charge in [0.1, 0.15) is 12.3 Å². The van der Waals surface area contributed by atoms with Crippen LogP contribution in [0.4, 0.5) is 14.5 Å². The van der Waals surface area contributed by atoms with E-state index >= 15 is 0 Å². The second-order valence-electron chi connectivity index (χ2n) is 6.40. The van der Waals surface area contributed by atoms with Gasteiger partial charge in [0.25, 0.3) is 0 Å². The summed E-state index contributed by atoms with van der Waals surface area (Å²) in [5.41, 5.74) is 1.52. The Morgan fingerprint density at radius 1 is 0.931 bits per heavy atom. The van der Waals surface area contributed by atoms with Crippen LogP contribution in [0.2, 0.25) is 0 Å². The molecule has 0 saturated heterocycles. The van der Waals surface area contributed by atoms with E-state index in [9.17, 15) is 18.4 Å². The number of rotatable bonds is 5. The fraction of sp³-hybridized carbons (Fsp3) is 0.0909. The van der Waals surface area contributed by atoms with Crippen LogP contribution in [0, 0.1) is 0 Å². The van der Waals surface area contributed by atoms with Crippen LogP contribution in [-0.4, -0.2) is 17.1 Å². The number of hydrogen-bond donors (Lipinski definition) is 1.